The number of aromatic amines is 1. The third-order valence-electron chi connectivity index (χ3n) is 3.88. The molecular formula is C19H21N3O4. The topological polar surface area (TPSA) is 96.5 Å². The number of anilines is 1. The zero-order valence-electron chi connectivity index (χ0n) is 14.9. The third kappa shape index (κ3) is 3.62. The number of aliphatic hydroxyl groups is 1. The number of rotatable bonds is 6. The van der Waals surface area contributed by atoms with Gasteiger partial charge < -0.3 is 24.9 Å². The van der Waals surface area contributed by atoms with Crippen LogP contribution in [0.4, 0.5) is 5.69 Å². The van der Waals surface area contributed by atoms with E-state index in [4.69, 9.17) is 9.47 Å². The Kier molecular flexibility index (Phi) is 5.09. The molecular weight excluding hydrogens is 334 g/mol. The number of amides is 1. The molecule has 2 aromatic carbocycles. The minimum absolute atomic E-state index is 0.263. The smallest absolute Gasteiger partial charge is 0.255 e. The van der Waals surface area contributed by atoms with Crippen LogP contribution >= 0.6 is 0 Å². The van der Waals surface area contributed by atoms with Crippen molar-refractivity contribution < 1.29 is 19.4 Å². The Bertz CT molecular complexity index is 934. The number of carbonyl (C=O) groups is 1. The van der Waals surface area contributed by atoms with Crippen LogP contribution in [0, 0.1) is 0 Å². The summed E-state index contributed by atoms with van der Waals surface area (Å²) in [5, 5.41) is 12.5. The molecule has 0 bridgehead atoms. The van der Waals surface area contributed by atoms with Crippen LogP contribution in [0.5, 0.6) is 11.5 Å². The van der Waals surface area contributed by atoms with E-state index in [-0.39, 0.29) is 5.91 Å². The maximum atomic E-state index is 12.5. The van der Waals surface area contributed by atoms with E-state index in [0.29, 0.717) is 35.2 Å². The summed E-state index contributed by atoms with van der Waals surface area (Å²) < 4.78 is 10.7. The van der Waals surface area contributed by atoms with Crippen molar-refractivity contribution in [3.05, 3.63) is 47.8 Å². The Morgan fingerprint density at radius 3 is 2.77 bits per heavy atom. The molecule has 1 heterocycles. The quantitative estimate of drug-likeness (QED) is 0.630. The van der Waals surface area contributed by atoms with Gasteiger partial charge in [0, 0.05) is 11.3 Å². The van der Waals surface area contributed by atoms with Gasteiger partial charge in [0.05, 0.1) is 24.8 Å². The lowest BCUT2D eigenvalue weighted by Gasteiger charge is -2.11. The zero-order chi connectivity index (χ0) is 18.7. The lowest BCUT2D eigenvalue weighted by atomic mass is 10.1. The number of methoxy groups -OCH3 is 1. The standard InChI is InChI=1S/C19H21N3O4/c1-4-26-16-8-5-12(9-17(16)25-3)19(24)20-13-6-7-14-15(10-13)22-18(21-14)11(2)23/h5-11,23H,4H2,1-3H3,(H,20,24)(H,21,22). The summed E-state index contributed by atoms with van der Waals surface area (Å²) in [5.74, 6) is 1.32. The lowest BCUT2D eigenvalue weighted by Crippen LogP contribution is -2.12. The summed E-state index contributed by atoms with van der Waals surface area (Å²) in [6.45, 7) is 4.04. The molecule has 0 aliphatic carbocycles. The Morgan fingerprint density at radius 1 is 1.27 bits per heavy atom. The van der Waals surface area contributed by atoms with Crippen molar-refractivity contribution in [2.75, 3.05) is 19.0 Å². The normalized spacial score (nSPS) is 12.0. The number of ether oxygens (including phenoxy) is 2. The number of aliphatic hydroxyl groups excluding tert-OH is 1. The summed E-state index contributed by atoms with van der Waals surface area (Å²) in [7, 11) is 1.53. The maximum Gasteiger partial charge on any atom is 0.255 e. The van der Waals surface area contributed by atoms with E-state index >= 15 is 0 Å². The van der Waals surface area contributed by atoms with Gasteiger partial charge in [-0.05, 0) is 50.2 Å². The summed E-state index contributed by atoms with van der Waals surface area (Å²) in [5.41, 5.74) is 2.54. The van der Waals surface area contributed by atoms with Gasteiger partial charge in [0.1, 0.15) is 11.9 Å². The van der Waals surface area contributed by atoms with Gasteiger partial charge in [0.2, 0.25) is 0 Å². The minimum Gasteiger partial charge on any atom is -0.493 e. The van der Waals surface area contributed by atoms with Crippen LogP contribution in [-0.2, 0) is 0 Å². The Hall–Kier alpha value is -3.06. The van der Waals surface area contributed by atoms with Crippen molar-refractivity contribution in [3.63, 3.8) is 0 Å². The van der Waals surface area contributed by atoms with Gasteiger partial charge in [-0.3, -0.25) is 4.79 Å². The first-order chi connectivity index (χ1) is 12.5. The molecule has 3 rings (SSSR count). The van der Waals surface area contributed by atoms with Gasteiger partial charge in [0.25, 0.3) is 5.91 Å². The number of H-pyrrole nitrogens is 1. The monoisotopic (exact) mass is 355 g/mol. The largest absolute Gasteiger partial charge is 0.493 e. The van der Waals surface area contributed by atoms with E-state index in [1.807, 2.05) is 6.92 Å². The number of hydrogen-bond donors (Lipinski definition) is 3. The van der Waals surface area contributed by atoms with Crippen LogP contribution in [0.3, 0.4) is 0 Å². The molecule has 0 saturated heterocycles. The van der Waals surface area contributed by atoms with Crippen molar-refractivity contribution in [1.82, 2.24) is 9.97 Å². The second kappa shape index (κ2) is 7.45. The number of imidazole rings is 1. The molecule has 0 saturated carbocycles. The van der Waals surface area contributed by atoms with Gasteiger partial charge in [-0.2, -0.15) is 0 Å². The first kappa shape index (κ1) is 17.8. The fourth-order valence-electron chi connectivity index (χ4n) is 2.59. The van der Waals surface area contributed by atoms with Crippen molar-refractivity contribution in [2.24, 2.45) is 0 Å². The second-order valence-electron chi connectivity index (χ2n) is 5.78. The molecule has 7 heteroatoms. The molecule has 26 heavy (non-hydrogen) atoms. The van der Waals surface area contributed by atoms with E-state index in [1.54, 1.807) is 43.3 Å². The number of carbonyl (C=O) groups excluding carboxylic acids is 1. The maximum absolute atomic E-state index is 12.5. The van der Waals surface area contributed by atoms with Crippen LogP contribution in [0.25, 0.3) is 11.0 Å². The predicted octanol–water partition coefficient (Wildman–Crippen LogP) is 3.28. The summed E-state index contributed by atoms with van der Waals surface area (Å²) in [6, 6.07) is 10.4. The fourth-order valence-corrected chi connectivity index (χ4v) is 2.59. The number of hydrogen-bond acceptors (Lipinski definition) is 5. The average Bonchev–Trinajstić information content (AvgIpc) is 3.06. The van der Waals surface area contributed by atoms with Crippen LogP contribution in [0.2, 0.25) is 0 Å². The van der Waals surface area contributed by atoms with E-state index in [2.05, 4.69) is 15.3 Å². The van der Waals surface area contributed by atoms with E-state index in [1.165, 1.54) is 7.11 Å². The van der Waals surface area contributed by atoms with Gasteiger partial charge >= 0.3 is 0 Å². The molecule has 1 amide bonds. The molecule has 136 valence electrons. The Balaban J connectivity index is 1.82. The highest BCUT2D eigenvalue weighted by Crippen LogP contribution is 2.28. The molecule has 0 spiro atoms. The first-order valence-corrected chi connectivity index (χ1v) is 8.31. The van der Waals surface area contributed by atoms with Crippen LogP contribution < -0.4 is 14.8 Å². The van der Waals surface area contributed by atoms with Crippen LogP contribution in [0.1, 0.15) is 36.1 Å². The lowest BCUT2D eigenvalue weighted by molar-refractivity contribution is 0.102. The van der Waals surface area contributed by atoms with Crippen molar-refractivity contribution in [1.29, 1.82) is 0 Å². The van der Waals surface area contributed by atoms with Crippen molar-refractivity contribution in [3.8, 4) is 11.5 Å². The van der Waals surface area contributed by atoms with E-state index in [0.717, 1.165) is 11.0 Å². The molecule has 3 N–H and O–H groups in total. The molecule has 1 aromatic heterocycles. The Labute approximate surface area is 151 Å². The number of aromatic nitrogens is 2. The molecule has 0 fully saturated rings. The number of nitrogens with zero attached hydrogens (tertiary/aromatic N) is 1. The number of benzene rings is 2. The summed E-state index contributed by atoms with van der Waals surface area (Å²) in [6.07, 6.45) is -0.684. The van der Waals surface area contributed by atoms with Crippen molar-refractivity contribution in [2.45, 2.75) is 20.0 Å². The molecule has 0 aliphatic heterocycles. The molecule has 0 aliphatic rings. The van der Waals surface area contributed by atoms with Crippen LogP contribution in [-0.4, -0.2) is 34.7 Å². The average molecular weight is 355 g/mol. The highest BCUT2D eigenvalue weighted by atomic mass is 16.5. The summed E-state index contributed by atoms with van der Waals surface area (Å²) in [4.78, 5) is 19.9. The van der Waals surface area contributed by atoms with E-state index < -0.39 is 6.10 Å². The zero-order valence-corrected chi connectivity index (χ0v) is 14.9. The first-order valence-electron chi connectivity index (χ1n) is 8.31. The van der Waals surface area contributed by atoms with Gasteiger partial charge in [-0.1, -0.05) is 0 Å². The van der Waals surface area contributed by atoms with Gasteiger partial charge in [-0.15, -0.1) is 0 Å². The predicted molar refractivity (Wildman–Crippen MR) is 98.8 cm³/mol. The molecule has 7 nitrogen and oxygen atoms in total. The Morgan fingerprint density at radius 2 is 2.08 bits per heavy atom. The van der Waals surface area contributed by atoms with Gasteiger partial charge in [-0.25, -0.2) is 4.98 Å². The molecule has 1 atom stereocenters. The van der Waals surface area contributed by atoms with Crippen molar-refractivity contribution >= 4 is 22.6 Å². The SMILES string of the molecule is CCOc1ccc(C(=O)Nc2ccc3nc(C(C)O)[nH]c3c2)cc1OC. The molecule has 1 unspecified atom stereocenters. The third-order valence-corrected chi connectivity index (χ3v) is 3.88. The number of fused-ring (bicyclic) bond motifs is 1. The highest BCUT2D eigenvalue weighted by molar-refractivity contribution is 6.05. The molecule has 0 radical (unpaired) electrons. The van der Waals surface area contributed by atoms with Gasteiger partial charge in [0.15, 0.2) is 11.5 Å². The van der Waals surface area contributed by atoms with E-state index in [9.17, 15) is 9.90 Å². The minimum atomic E-state index is -0.684. The summed E-state index contributed by atoms with van der Waals surface area (Å²) >= 11 is 0. The fraction of sp³-hybridized carbons (Fsp3) is 0.263. The highest BCUT2D eigenvalue weighted by Gasteiger charge is 2.13. The number of nitrogens with one attached hydrogen (secondary N) is 2. The van der Waals surface area contributed by atoms with Crippen LogP contribution in [0.15, 0.2) is 36.4 Å². The molecule has 3 aromatic rings. The second-order valence-corrected chi connectivity index (χ2v) is 5.78.